The smallest absolute Gasteiger partial charge is 0.196 e. The third-order valence-corrected chi connectivity index (χ3v) is 4.29. The van der Waals surface area contributed by atoms with Gasteiger partial charge in [0.05, 0.1) is 5.69 Å². The van der Waals surface area contributed by atoms with Crippen molar-refractivity contribution in [3.05, 3.63) is 89.5 Å². The zero-order valence-electron chi connectivity index (χ0n) is 13.6. The first-order valence-corrected chi connectivity index (χ1v) is 8.20. The fourth-order valence-electron chi connectivity index (χ4n) is 2.96. The summed E-state index contributed by atoms with van der Waals surface area (Å²) in [7, 11) is 0. The quantitative estimate of drug-likeness (QED) is 0.701. The Hall–Kier alpha value is -2.94. The van der Waals surface area contributed by atoms with E-state index in [1.54, 1.807) is 0 Å². The van der Waals surface area contributed by atoms with E-state index in [-0.39, 0.29) is 6.23 Å². The maximum atomic E-state index is 6.09. The van der Waals surface area contributed by atoms with E-state index in [2.05, 4.69) is 66.1 Å². The summed E-state index contributed by atoms with van der Waals surface area (Å²) in [6.45, 7) is 2.92. The normalized spacial score (nSPS) is 15.3. The minimum atomic E-state index is -0.120. The lowest BCUT2D eigenvalue weighted by molar-refractivity contribution is 0.260. The lowest BCUT2D eigenvalue weighted by Crippen LogP contribution is -2.09. The molecule has 3 aromatic carbocycles. The highest BCUT2D eigenvalue weighted by molar-refractivity contribution is 5.70. The average molecular weight is 316 g/mol. The molecule has 3 aromatic rings. The van der Waals surface area contributed by atoms with E-state index in [1.807, 2.05) is 24.3 Å². The van der Waals surface area contributed by atoms with E-state index in [4.69, 9.17) is 4.74 Å². The number of fused-ring (bicyclic) bond motifs is 1. The molecule has 1 unspecified atom stereocenters. The van der Waals surface area contributed by atoms with Crippen LogP contribution in [0.2, 0.25) is 0 Å². The summed E-state index contributed by atoms with van der Waals surface area (Å²) in [4.78, 5) is 0. The van der Waals surface area contributed by atoms with Crippen molar-refractivity contribution in [3.63, 3.8) is 0 Å². The Morgan fingerprint density at radius 3 is 2.42 bits per heavy atom. The van der Waals surface area contributed by atoms with Crippen molar-refractivity contribution in [1.82, 2.24) is 0 Å². The Labute approximate surface area is 142 Å². The first-order chi connectivity index (χ1) is 11.8. The fraction of sp³-hybridized carbons (Fsp3) is 0.143. The summed E-state index contributed by atoms with van der Waals surface area (Å²) in [6, 6.07) is 24.9. The first kappa shape index (κ1) is 14.6. The summed E-state index contributed by atoms with van der Waals surface area (Å²) in [5, 5.41) is 6.95. The van der Waals surface area contributed by atoms with Crippen LogP contribution in [0.4, 0.5) is 11.4 Å². The second-order valence-electron chi connectivity index (χ2n) is 6.06. The van der Waals surface area contributed by atoms with Crippen LogP contribution in [-0.2, 0) is 6.54 Å². The highest BCUT2D eigenvalue weighted by atomic mass is 16.5. The lowest BCUT2D eigenvalue weighted by atomic mass is 10.1. The number of anilines is 2. The van der Waals surface area contributed by atoms with Crippen LogP contribution >= 0.6 is 0 Å². The molecule has 1 atom stereocenters. The number of hydrogen-bond acceptors (Lipinski definition) is 3. The third-order valence-electron chi connectivity index (χ3n) is 4.29. The van der Waals surface area contributed by atoms with Gasteiger partial charge in [0.15, 0.2) is 6.23 Å². The van der Waals surface area contributed by atoms with E-state index in [9.17, 15) is 0 Å². The van der Waals surface area contributed by atoms with Crippen molar-refractivity contribution in [2.75, 3.05) is 10.6 Å². The molecule has 0 spiro atoms. The first-order valence-electron chi connectivity index (χ1n) is 8.20. The molecular weight excluding hydrogens is 296 g/mol. The molecule has 1 heterocycles. The summed E-state index contributed by atoms with van der Waals surface area (Å²) >= 11 is 0. The molecule has 1 aliphatic rings. The second-order valence-corrected chi connectivity index (χ2v) is 6.06. The van der Waals surface area contributed by atoms with E-state index < -0.39 is 0 Å². The number of aryl methyl sites for hydroxylation is 1. The number of rotatable bonds is 4. The van der Waals surface area contributed by atoms with Gasteiger partial charge < -0.3 is 15.4 Å². The molecule has 4 rings (SSSR count). The second kappa shape index (κ2) is 6.28. The summed E-state index contributed by atoms with van der Waals surface area (Å²) < 4.78 is 6.09. The highest BCUT2D eigenvalue weighted by Gasteiger charge is 2.24. The third kappa shape index (κ3) is 2.93. The molecule has 1 aliphatic heterocycles. The van der Waals surface area contributed by atoms with Crippen molar-refractivity contribution in [2.45, 2.75) is 19.7 Å². The maximum Gasteiger partial charge on any atom is 0.196 e. The van der Waals surface area contributed by atoms with Crippen molar-refractivity contribution in [3.8, 4) is 5.75 Å². The van der Waals surface area contributed by atoms with Gasteiger partial charge in [0.25, 0.3) is 0 Å². The van der Waals surface area contributed by atoms with Gasteiger partial charge in [-0.25, -0.2) is 0 Å². The van der Waals surface area contributed by atoms with Gasteiger partial charge >= 0.3 is 0 Å². The monoisotopic (exact) mass is 316 g/mol. The van der Waals surface area contributed by atoms with Gasteiger partial charge in [-0.2, -0.15) is 0 Å². The molecule has 3 nitrogen and oxygen atoms in total. The Morgan fingerprint density at radius 2 is 1.67 bits per heavy atom. The molecule has 0 aliphatic carbocycles. The Morgan fingerprint density at radius 1 is 0.958 bits per heavy atom. The molecule has 0 aromatic heterocycles. The molecular formula is C21H20N2O. The predicted molar refractivity (Wildman–Crippen MR) is 98.4 cm³/mol. The van der Waals surface area contributed by atoms with Gasteiger partial charge in [0.2, 0.25) is 0 Å². The number of benzene rings is 3. The Balaban J connectivity index is 1.52. The van der Waals surface area contributed by atoms with E-state index in [1.165, 1.54) is 11.1 Å². The molecule has 120 valence electrons. The van der Waals surface area contributed by atoms with Crippen LogP contribution < -0.4 is 15.4 Å². The topological polar surface area (TPSA) is 33.3 Å². The lowest BCUT2D eigenvalue weighted by Gasteiger charge is -2.11. The minimum Gasteiger partial charge on any atom is -0.464 e. The van der Waals surface area contributed by atoms with Crippen molar-refractivity contribution >= 4 is 11.4 Å². The summed E-state index contributed by atoms with van der Waals surface area (Å²) in [6.07, 6.45) is -0.120. The average Bonchev–Trinajstić information content (AvgIpc) is 3.04. The van der Waals surface area contributed by atoms with Crippen LogP contribution in [0.5, 0.6) is 5.75 Å². The van der Waals surface area contributed by atoms with Crippen LogP contribution in [-0.4, -0.2) is 0 Å². The summed E-state index contributed by atoms with van der Waals surface area (Å²) in [5.74, 6) is 0.894. The number of hydrogen-bond donors (Lipinski definition) is 2. The van der Waals surface area contributed by atoms with Crippen LogP contribution in [0, 0.1) is 6.92 Å². The van der Waals surface area contributed by atoms with Gasteiger partial charge in [-0.15, -0.1) is 0 Å². The molecule has 0 saturated carbocycles. The van der Waals surface area contributed by atoms with Gasteiger partial charge in [0, 0.05) is 23.9 Å². The van der Waals surface area contributed by atoms with Gasteiger partial charge in [-0.1, -0.05) is 60.7 Å². The van der Waals surface area contributed by atoms with Crippen LogP contribution in [0.15, 0.2) is 72.8 Å². The molecule has 24 heavy (non-hydrogen) atoms. The standard InChI is InChI=1S/C21H20N2O/c1-15-12-19-20(24-21(23-19)17-10-6-3-7-11-17)13-18(15)22-14-16-8-4-2-5-9-16/h2-13,21-23H,14H2,1H3. The number of nitrogens with one attached hydrogen (secondary N) is 2. The highest BCUT2D eigenvalue weighted by Crippen LogP contribution is 2.41. The largest absolute Gasteiger partial charge is 0.464 e. The van der Waals surface area contributed by atoms with Gasteiger partial charge in [-0.05, 0) is 24.1 Å². The Bertz CT molecular complexity index is 830. The predicted octanol–water partition coefficient (Wildman–Crippen LogP) is 5.11. The zero-order chi connectivity index (χ0) is 16.4. The SMILES string of the molecule is Cc1cc2c(cc1NCc1ccccc1)OC(c1ccccc1)N2. The van der Waals surface area contributed by atoms with Crippen molar-refractivity contribution in [1.29, 1.82) is 0 Å². The minimum absolute atomic E-state index is 0.120. The van der Waals surface area contributed by atoms with E-state index in [0.29, 0.717) is 0 Å². The fourth-order valence-corrected chi connectivity index (χ4v) is 2.96. The summed E-state index contributed by atoms with van der Waals surface area (Å²) in [5.41, 5.74) is 5.75. The molecule has 0 radical (unpaired) electrons. The maximum absolute atomic E-state index is 6.09. The van der Waals surface area contributed by atoms with E-state index in [0.717, 1.165) is 29.2 Å². The van der Waals surface area contributed by atoms with Gasteiger partial charge in [-0.3, -0.25) is 0 Å². The zero-order valence-corrected chi connectivity index (χ0v) is 13.6. The molecule has 0 saturated heterocycles. The molecule has 2 N–H and O–H groups in total. The Kier molecular flexibility index (Phi) is 3.83. The van der Waals surface area contributed by atoms with Crippen LogP contribution in [0.1, 0.15) is 22.9 Å². The van der Waals surface area contributed by atoms with Crippen molar-refractivity contribution in [2.24, 2.45) is 0 Å². The van der Waals surface area contributed by atoms with Crippen molar-refractivity contribution < 1.29 is 4.74 Å². The van der Waals surface area contributed by atoms with E-state index >= 15 is 0 Å². The van der Waals surface area contributed by atoms with Gasteiger partial charge in [0.1, 0.15) is 5.75 Å². The van der Waals surface area contributed by atoms with Crippen LogP contribution in [0.3, 0.4) is 0 Å². The van der Waals surface area contributed by atoms with Crippen LogP contribution in [0.25, 0.3) is 0 Å². The molecule has 3 heteroatoms. The molecule has 0 amide bonds. The number of ether oxygens (including phenoxy) is 1. The molecule has 0 bridgehead atoms. The molecule has 0 fully saturated rings.